The molecular formula is C20H20ClN3O3S. The van der Waals surface area contributed by atoms with Crippen molar-refractivity contribution in [2.75, 3.05) is 11.1 Å². The summed E-state index contributed by atoms with van der Waals surface area (Å²) in [5, 5.41) is 21.8. The van der Waals surface area contributed by atoms with Gasteiger partial charge in [0.05, 0.1) is 21.8 Å². The van der Waals surface area contributed by atoms with Crippen LogP contribution in [-0.4, -0.2) is 27.7 Å². The molecule has 2 rings (SSSR count). The number of aromatic carboxylic acids is 1. The van der Waals surface area contributed by atoms with Gasteiger partial charge in [0.25, 0.3) is 0 Å². The van der Waals surface area contributed by atoms with Crippen LogP contribution in [0.25, 0.3) is 0 Å². The molecule has 6 nitrogen and oxygen atoms in total. The number of carboxylic acids is 1. The summed E-state index contributed by atoms with van der Waals surface area (Å²) in [5.74, 6) is -0.959. The largest absolute Gasteiger partial charge is 0.478 e. The maximum atomic E-state index is 12.2. The minimum absolute atomic E-state index is 0.0424. The van der Waals surface area contributed by atoms with Crippen LogP contribution >= 0.6 is 23.4 Å². The van der Waals surface area contributed by atoms with Gasteiger partial charge in [-0.3, -0.25) is 4.79 Å². The molecule has 0 radical (unpaired) electrons. The maximum Gasteiger partial charge on any atom is 0.335 e. The zero-order valence-corrected chi connectivity index (χ0v) is 16.9. The number of nitrogens with zero attached hydrogens (tertiary/aromatic N) is 2. The number of unbranched alkanes of at least 4 members (excludes halogenated alkanes) is 1. The fourth-order valence-electron chi connectivity index (χ4n) is 2.38. The van der Waals surface area contributed by atoms with E-state index >= 15 is 0 Å². The molecule has 1 aromatic heterocycles. The van der Waals surface area contributed by atoms with Crippen molar-refractivity contribution in [1.29, 1.82) is 5.26 Å². The van der Waals surface area contributed by atoms with Crippen LogP contribution in [0.2, 0.25) is 5.02 Å². The van der Waals surface area contributed by atoms with Gasteiger partial charge in [-0.15, -0.1) is 11.8 Å². The molecule has 2 N–H and O–H groups in total. The number of pyridine rings is 1. The van der Waals surface area contributed by atoms with Crippen LogP contribution in [0.4, 0.5) is 5.69 Å². The Morgan fingerprint density at radius 3 is 2.79 bits per heavy atom. The summed E-state index contributed by atoms with van der Waals surface area (Å²) >= 11 is 7.36. The zero-order chi connectivity index (χ0) is 20.5. The minimum atomic E-state index is -1.10. The standard InChI is InChI=1S/C20H20ClN3O3S/c1-2-3-4-15-7-5-14(12-22)19(23-15)28-10-9-18(25)24-17-11-13(20(26)27)6-8-16(17)21/h5-8,11H,2-4,9-10H2,1H3,(H,24,25)(H,26,27). The second-order valence-electron chi connectivity index (χ2n) is 6.02. The summed E-state index contributed by atoms with van der Waals surface area (Å²) < 4.78 is 0. The van der Waals surface area contributed by atoms with Gasteiger partial charge in [0.1, 0.15) is 11.1 Å². The molecule has 0 unspecified atom stereocenters. The summed E-state index contributed by atoms with van der Waals surface area (Å²) in [5.41, 5.74) is 1.72. The Hall–Kier alpha value is -2.56. The first kappa shape index (κ1) is 21.7. The van der Waals surface area contributed by atoms with Crippen LogP contribution in [0, 0.1) is 11.3 Å². The number of hydrogen-bond donors (Lipinski definition) is 2. The molecule has 0 bridgehead atoms. The van der Waals surface area contributed by atoms with Gasteiger partial charge in [0, 0.05) is 17.9 Å². The Morgan fingerprint density at radius 1 is 1.32 bits per heavy atom. The first-order valence-electron chi connectivity index (χ1n) is 8.80. The van der Waals surface area contributed by atoms with E-state index < -0.39 is 5.97 Å². The number of aromatic nitrogens is 1. The molecular weight excluding hydrogens is 398 g/mol. The van der Waals surface area contributed by atoms with Crippen molar-refractivity contribution < 1.29 is 14.7 Å². The molecule has 2 aromatic rings. The van der Waals surface area contributed by atoms with Gasteiger partial charge < -0.3 is 10.4 Å². The summed E-state index contributed by atoms with van der Waals surface area (Å²) in [6.07, 6.45) is 3.12. The van der Waals surface area contributed by atoms with Crippen LogP contribution < -0.4 is 5.32 Å². The molecule has 146 valence electrons. The molecule has 0 fully saturated rings. The lowest BCUT2D eigenvalue weighted by molar-refractivity contribution is -0.115. The van der Waals surface area contributed by atoms with Crippen LogP contribution in [0.3, 0.4) is 0 Å². The summed E-state index contributed by atoms with van der Waals surface area (Å²) in [6, 6.07) is 9.87. The minimum Gasteiger partial charge on any atom is -0.478 e. The number of benzene rings is 1. The van der Waals surface area contributed by atoms with Gasteiger partial charge in [-0.25, -0.2) is 9.78 Å². The molecule has 1 heterocycles. The Balaban J connectivity index is 1.96. The number of hydrogen-bond acceptors (Lipinski definition) is 5. The van der Waals surface area contributed by atoms with Crippen molar-refractivity contribution >= 4 is 40.9 Å². The number of rotatable bonds is 9. The molecule has 0 aliphatic heterocycles. The van der Waals surface area contributed by atoms with E-state index in [1.54, 1.807) is 6.07 Å². The Labute approximate surface area is 172 Å². The number of nitriles is 1. The second kappa shape index (κ2) is 10.7. The van der Waals surface area contributed by atoms with E-state index in [1.807, 2.05) is 6.07 Å². The Bertz CT molecular complexity index is 912. The van der Waals surface area contributed by atoms with Crippen LogP contribution in [0.1, 0.15) is 47.8 Å². The smallest absolute Gasteiger partial charge is 0.335 e. The quantitative estimate of drug-likeness (QED) is 0.569. The predicted octanol–water partition coefficient (Wildman–Crippen LogP) is 4.77. The number of thioether (sulfide) groups is 1. The fraction of sp³-hybridized carbons (Fsp3) is 0.300. The average Bonchev–Trinajstić information content (AvgIpc) is 2.68. The van der Waals surface area contributed by atoms with Crippen LogP contribution in [-0.2, 0) is 11.2 Å². The highest BCUT2D eigenvalue weighted by atomic mass is 35.5. The molecule has 0 saturated carbocycles. The number of halogens is 1. The van der Waals surface area contributed by atoms with E-state index in [1.165, 1.54) is 30.0 Å². The van der Waals surface area contributed by atoms with Gasteiger partial charge in [-0.1, -0.05) is 24.9 Å². The van der Waals surface area contributed by atoms with Crippen molar-refractivity contribution in [3.8, 4) is 6.07 Å². The molecule has 0 aliphatic carbocycles. The number of carbonyl (C=O) groups is 2. The summed E-state index contributed by atoms with van der Waals surface area (Å²) in [7, 11) is 0. The first-order chi connectivity index (χ1) is 13.4. The lowest BCUT2D eigenvalue weighted by Crippen LogP contribution is -2.13. The lowest BCUT2D eigenvalue weighted by atomic mass is 10.2. The van der Waals surface area contributed by atoms with Crippen molar-refractivity contribution in [2.45, 2.75) is 37.6 Å². The van der Waals surface area contributed by atoms with Gasteiger partial charge >= 0.3 is 5.97 Å². The molecule has 1 amide bonds. The Kier molecular flexibility index (Phi) is 8.30. The van der Waals surface area contributed by atoms with Crippen molar-refractivity contribution in [1.82, 2.24) is 4.98 Å². The van der Waals surface area contributed by atoms with E-state index in [4.69, 9.17) is 16.7 Å². The first-order valence-corrected chi connectivity index (χ1v) is 10.2. The monoisotopic (exact) mass is 417 g/mol. The number of nitrogens with one attached hydrogen (secondary N) is 1. The van der Waals surface area contributed by atoms with Gasteiger partial charge in [0.15, 0.2) is 0 Å². The third kappa shape index (κ3) is 6.25. The van der Waals surface area contributed by atoms with Crippen LogP contribution in [0.5, 0.6) is 0 Å². The normalized spacial score (nSPS) is 10.3. The van der Waals surface area contributed by atoms with E-state index in [0.29, 0.717) is 16.3 Å². The highest BCUT2D eigenvalue weighted by molar-refractivity contribution is 7.99. The molecule has 0 saturated heterocycles. The molecule has 0 atom stereocenters. The molecule has 8 heteroatoms. The van der Waals surface area contributed by atoms with E-state index in [2.05, 4.69) is 23.3 Å². The van der Waals surface area contributed by atoms with Crippen molar-refractivity contribution in [2.24, 2.45) is 0 Å². The number of carboxylic acid groups (broad SMARTS) is 1. The third-order valence-electron chi connectivity index (χ3n) is 3.88. The Morgan fingerprint density at radius 2 is 2.11 bits per heavy atom. The van der Waals surface area contributed by atoms with E-state index in [9.17, 15) is 14.9 Å². The molecule has 1 aromatic carbocycles. The topological polar surface area (TPSA) is 103 Å². The fourth-order valence-corrected chi connectivity index (χ4v) is 3.47. The average molecular weight is 418 g/mol. The van der Waals surface area contributed by atoms with E-state index in [0.717, 1.165) is 25.0 Å². The highest BCUT2D eigenvalue weighted by Gasteiger charge is 2.12. The predicted molar refractivity (Wildman–Crippen MR) is 110 cm³/mol. The zero-order valence-electron chi connectivity index (χ0n) is 15.4. The highest BCUT2D eigenvalue weighted by Crippen LogP contribution is 2.25. The maximum absolute atomic E-state index is 12.2. The summed E-state index contributed by atoms with van der Waals surface area (Å²) in [6.45, 7) is 2.11. The lowest BCUT2D eigenvalue weighted by Gasteiger charge is -2.09. The van der Waals surface area contributed by atoms with Crippen molar-refractivity contribution in [3.63, 3.8) is 0 Å². The van der Waals surface area contributed by atoms with E-state index in [-0.39, 0.29) is 28.6 Å². The van der Waals surface area contributed by atoms with Crippen LogP contribution in [0.15, 0.2) is 35.4 Å². The van der Waals surface area contributed by atoms with Gasteiger partial charge in [-0.05, 0) is 43.2 Å². The second-order valence-corrected chi connectivity index (χ2v) is 7.51. The number of carbonyl (C=O) groups excluding carboxylic acids is 1. The van der Waals surface area contributed by atoms with Gasteiger partial charge in [0.2, 0.25) is 5.91 Å². The number of anilines is 1. The molecule has 0 aliphatic rings. The molecule has 0 spiro atoms. The SMILES string of the molecule is CCCCc1ccc(C#N)c(SCCC(=O)Nc2cc(C(=O)O)ccc2Cl)n1. The van der Waals surface area contributed by atoms with Crippen molar-refractivity contribution in [3.05, 3.63) is 52.2 Å². The number of amides is 1. The molecule has 28 heavy (non-hydrogen) atoms. The number of aryl methyl sites for hydroxylation is 1. The van der Waals surface area contributed by atoms with Gasteiger partial charge in [-0.2, -0.15) is 5.26 Å². The summed E-state index contributed by atoms with van der Waals surface area (Å²) in [4.78, 5) is 27.8. The third-order valence-corrected chi connectivity index (χ3v) is 5.20.